The zero-order valence-electron chi connectivity index (χ0n) is 11.8. The highest BCUT2D eigenvalue weighted by molar-refractivity contribution is 5.76. The number of aliphatic hydroxyl groups is 1. The molecule has 4 nitrogen and oxygen atoms in total. The molecule has 0 bridgehead atoms. The number of H-pyrrole nitrogens is 1. The van der Waals surface area contributed by atoms with Gasteiger partial charge in [-0.15, -0.1) is 0 Å². The van der Waals surface area contributed by atoms with Crippen molar-refractivity contribution in [2.24, 2.45) is 5.73 Å². The van der Waals surface area contributed by atoms with Gasteiger partial charge < -0.3 is 15.8 Å². The molecule has 1 heterocycles. The highest BCUT2D eigenvalue weighted by atomic mass is 16.2. The molecule has 0 fully saturated rings. The third-order valence-electron chi connectivity index (χ3n) is 3.64. The number of rotatable bonds is 5. The second-order valence-electron chi connectivity index (χ2n) is 5.18. The van der Waals surface area contributed by atoms with Gasteiger partial charge >= 0.3 is 0 Å². The van der Waals surface area contributed by atoms with Crippen LogP contribution >= 0.6 is 0 Å². The summed E-state index contributed by atoms with van der Waals surface area (Å²) in [5.74, 6) is 0.907. The van der Waals surface area contributed by atoms with Crippen LogP contribution in [0.5, 0.6) is 0 Å². The van der Waals surface area contributed by atoms with Gasteiger partial charge in [-0.3, -0.25) is 0 Å². The second kappa shape index (κ2) is 6.08. The zero-order valence-corrected chi connectivity index (χ0v) is 11.8. The monoisotopic (exact) mass is 281 g/mol. The number of aromatic amines is 1. The maximum Gasteiger partial charge on any atom is 0.107 e. The number of hydrogen-bond acceptors (Lipinski definition) is 3. The van der Waals surface area contributed by atoms with Crippen LogP contribution in [0.3, 0.4) is 0 Å². The van der Waals surface area contributed by atoms with Crippen LogP contribution in [0.15, 0.2) is 48.5 Å². The largest absolute Gasteiger partial charge is 0.396 e. The molecule has 0 amide bonds. The SMILES string of the molecule is NC(c1ccccc1)c1ccc2nc(CCCO)[nH]c2c1. The van der Waals surface area contributed by atoms with Crippen molar-refractivity contribution in [1.82, 2.24) is 9.97 Å². The molecule has 0 spiro atoms. The summed E-state index contributed by atoms with van der Waals surface area (Å²) < 4.78 is 0. The predicted molar refractivity (Wildman–Crippen MR) is 84.0 cm³/mol. The molecule has 3 rings (SSSR count). The predicted octanol–water partition coefficient (Wildman–Crippen LogP) is 2.54. The minimum Gasteiger partial charge on any atom is -0.396 e. The molecule has 3 aromatic rings. The summed E-state index contributed by atoms with van der Waals surface area (Å²) in [5, 5.41) is 8.89. The maximum atomic E-state index is 8.89. The normalized spacial score (nSPS) is 12.7. The first-order chi connectivity index (χ1) is 10.3. The Bertz CT molecular complexity index is 721. The lowest BCUT2D eigenvalue weighted by molar-refractivity contribution is 0.287. The lowest BCUT2D eigenvalue weighted by atomic mass is 9.99. The lowest BCUT2D eigenvalue weighted by Crippen LogP contribution is -2.11. The quantitative estimate of drug-likeness (QED) is 0.672. The highest BCUT2D eigenvalue weighted by Gasteiger charge is 2.10. The summed E-state index contributed by atoms with van der Waals surface area (Å²) in [4.78, 5) is 7.82. The molecule has 108 valence electrons. The number of aryl methyl sites for hydroxylation is 1. The van der Waals surface area contributed by atoms with Crippen LogP contribution in [0.1, 0.15) is 29.4 Å². The molecule has 0 aliphatic carbocycles. The number of hydrogen-bond donors (Lipinski definition) is 3. The fraction of sp³-hybridized carbons (Fsp3) is 0.235. The van der Waals surface area contributed by atoms with E-state index in [0.717, 1.165) is 40.8 Å². The molecule has 2 aromatic carbocycles. The Kier molecular flexibility index (Phi) is 3.99. The van der Waals surface area contributed by atoms with E-state index in [1.165, 1.54) is 0 Å². The number of nitrogens with two attached hydrogens (primary N) is 1. The van der Waals surface area contributed by atoms with Crippen molar-refractivity contribution in [1.29, 1.82) is 0 Å². The van der Waals surface area contributed by atoms with Gasteiger partial charge in [0, 0.05) is 13.0 Å². The number of aliphatic hydroxyl groups excluding tert-OH is 1. The molecule has 0 aliphatic rings. The van der Waals surface area contributed by atoms with E-state index in [9.17, 15) is 0 Å². The Morgan fingerprint density at radius 2 is 1.90 bits per heavy atom. The molecule has 0 saturated carbocycles. The third kappa shape index (κ3) is 2.96. The average molecular weight is 281 g/mol. The number of nitrogens with zero attached hydrogens (tertiary/aromatic N) is 1. The van der Waals surface area contributed by atoms with Gasteiger partial charge in [-0.1, -0.05) is 36.4 Å². The van der Waals surface area contributed by atoms with Crippen LogP contribution in [0, 0.1) is 0 Å². The number of aromatic nitrogens is 2. The van der Waals surface area contributed by atoms with E-state index in [4.69, 9.17) is 10.8 Å². The van der Waals surface area contributed by atoms with Gasteiger partial charge in [-0.2, -0.15) is 0 Å². The third-order valence-corrected chi connectivity index (χ3v) is 3.64. The fourth-order valence-corrected chi connectivity index (χ4v) is 2.49. The van der Waals surface area contributed by atoms with Crippen LogP contribution < -0.4 is 5.73 Å². The van der Waals surface area contributed by atoms with Crippen LogP contribution in [0.25, 0.3) is 11.0 Å². The summed E-state index contributed by atoms with van der Waals surface area (Å²) in [5.41, 5.74) is 10.4. The Labute approximate surface area is 123 Å². The fourth-order valence-electron chi connectivity index (χ4n) is 2.49. The summed E-state index contributed by atoms with van der Waals surface area (Å²) in [6.07, 6.45) is 1.47. The minimum absolute atomic E-state index is 0.139. The second-order valence-corrected chi connectivity index (χ2v) is 5.18. The molecule has 0 aliphatic heterocycles. The molecule has 0 saturated heterocycles. The first kappa shape index (κ1) is 13.8. The average Bonchev–Trinajstić information content (AvgIpc) is 2.95. The van der Waals surface area contributed by atoms with Crippen LogP contribution in [0.4, 0.5) is 0 Å². The van der Waals surface area contributed by atoms with E-state index < -0.39 is 0 Å². The van der Waals surface area contributed by atoms with Crippen molar-refractivity contribution in [2.75, 3.05) is 6.61 Å². The van der Waals surface area contributed by atoms with E-state index >= 15 is 0 Å². The van der Waals surface area contributed by atoms with Crippen molar-refractivity contribution in [3.63, 3.8) is 0 Å². The van der Waals surface area contributed by atoms with Crippen molar-refractivity contribution >= 4 is 11.0 Å². The number of imidazole rings is 1. The number of fused-ring (bicyclic) bond motifs is 1. The molecule has 21 heavy (non-hydrogen) atoms. The minimum atomic E-state index is -0.139. The van der Waals surface area contributed by atoms with Gasteiger partial charge in [0.1, 0.15) is 5.82 Å². The molecule has 1 aromatic heterocycles. The number of nitrogens with one attached hydrogen (secondary N) is 1. The van der Waals surface area contributed by atoms with E-state index in [-0.39, 0.29) is 12.6 Å². The summed E-state index contributed by atoms with van der Waals surface area (Å²) >= 11 is 0. The Morgan fingerprint density at radius 1 is 1.10 bits per heavy atom. The summed E-state index contributed by atoms with van der Waals surface area (Å²) in [6, 6.07) is 16.0. The van der Waals surface area contributed by atoms with Gasteiger partial charge in [0.25, 0.3) is 0 Å². The van der Waals surface area contributed by atoms with Crippen molar-refractivity contribution in [3.05, 3.63) is 65.5 Å². The Morgan fingerprint density at radius 3 is 2.67 bits per heavy atom. The Hall–Kier alpha value is -2.17. The topological polar surface area (TPSA) is 74.9 Å². The van der Waals surface area contributed by atoms with Gasteiger partial charge in [0.2, 0.25) is 0 Å². The van der Waals surface area contributed by atoms with Gasteiger partial charge in [-0.25, -0.2) is 4.98 Å². The molecule has 4 heteroatoms. The molecular formula is C17H19N3O. The molecule has 0 radical (unpaired) electrons. The van der Waals surface area contributed by atoms with Crippen molar-refractivity contribution in [3.8, 4) is 0 Å². The molecule has 1 unspecified atom stereocenters. The summed E-state index contributed by atoms with van der Waals surface area (Å²) in [7, 11) is 0. The Balaban J connectivity index is 1.90. The molecular weight excluding hydrogens is 262 g/mol. The van der Waals surface area contributed by atoms with E-state index in [2.05, 4.69) is 16.0 Å². The molecule has 4 N–H and O–H groups in total. The van der Waals surface area contributed by atoms with E-state index in [1.807, 2.05) is 42.5 Å². The van der Waals surface area contributed by atoms with Gasteiger partial charge in [0.15, 0.2) is 0 Å². The van der Waals surface area contributed by atoms with E-state index in [1.54, 1.807) is 0 Å². The maximum absolute atomic E-state index is 8.89. The van der Waals surface area contributed by atoms with Crippen molar-refractivity contribution < 1.29 is 5.11 Å². The lowest BCUT2D eigenvalue weighted by Gasteiger charge is -2.12. The van der Waals surface area contributed by atoms with Crippen LogP contribution in [-0.2, 0) is 6.42 Å². The first-order valence-electron chi connectivity index (χ1n) is 7.18. The van der Waals surface area contributed by atoms with Crippen LogP contribution in [-0.4, -0.2) is 21.7 Å². The molecule has 1 atom stereocenters. The van der Waals surface area contributed by atoms with Gasteiger partial charge in [-0.05, 0) is 29.7 Å². The first-order valence-corrected chi connectivity index (χ1v) is 7.18. The smallest absolute Gasteiger partial charge is 0.107 e. The van der Waals surface area contributed by atoms with Crippen molar-refractivity contribution in [2.45, 2.75) is 18.9 Å². The zero-order chi connectivity index (χ0) is 14.7. The van der Waals surface area contributed by atoms with Crippen LogP contribution in [0.2, 0.25) is 0 Å². The highest BCUT2D eigenvalue weighted by Crippen LogP contribution is 2.23. The van der Waals surface area contributed by atoms with E-state index in [0.29, 0.717) is 0 Å². The van der Waals surface area contributed by atoms with Gasteiger partial charge in [0.05, 0.1) is 17.1 Å². The standard InChI is InChI=1S/C17H19N3O/c18-17(12-5-2-1-3-6-12)13-8-9-14-15(11-13)20-16(19-14)7-4-10-21/h1-3,5-6,8-9,11,17,21H,4,7,10,18H2,(H,19,20). The summed E-state index contributed by atoms with van der Waals surface area (Å²) in [6.45, 7) is 0.182. The number of benzene rings is 2.